The molecule has 2 aliphatic rings. The number of anilines is 1. The second-order valence-corrected chi connectivity index (χ2v) is 8.08. The Morgan fingerprint density at radius 2 is 2.18 bits per heavy atom. The van der Waals surface area contributed by atoms with Crippen LogP contribution in [0, 0.1) is 0 Å². The SMILES string of the molecule is O=C(Nc1scnc1-c1nc2ccc(CN3CCOCC3)cc2[nH]1)NC1CC1. The van der Waals surface area contributed by atoms with Gasteiger partial charge in [-0.3, -0.25) is 10.2 Å². The highest BCUT2D eigenvalue weighted by Gasteiger charge is 2.24. The summed E-state index contributed by atoms with van der Waals surface area (Å²) in [7, 11) is 0. The summed E-state index contributed by atoms with van der Waals surface area (Å²) < 4.78 is 5.42. The van der Waals surface area contributed by atoms with Gasteiger partial charge in [-0.1, -0.05) is 6.07 Å². The fourth-order valence-corrected chi connectivity index (χ4v) is 4.02. The van der Waals surface area contributed by atoms with Gasteiger partial charge in [0.1, 0.15) is 10.7 Å². The molecule has 0 radical (unpaired) electrons. The van der Waals surface area contributed by atoms with Crippen LogP contribution in [0.3, 0.4) is 0 Å². The summed E-state index contributed by atoms with van der Waals surface area (Å²) in [6.45, 7) is 4.42. The van der Waals surface area contributed by atoms with Crippen LogP contribution in [0.1, 0.15) is 18.4 Å². The average molecular weight is 398 g/mol. The molecule has 0 bridgehead atoms. The van der Waals surface area contributed by atoms with Crippen LogP contribution in [0.15, 0.2) is 23.7 Å². The summed E-state index contributed by atoms with van der Waals surface area (Å²) in [5.74, 6) is 0.668. The van der Waals surface area contributed by atoms with Crippen molar-refractivity contribution in [2.45, 2.75) is 25.4 Å². The predicted octanol–water partition coefficient (Wildman–Crippen LogP) is 2.80. The van der Waals surface area contributed by atoms with Gasteiger partial charge >= 0.3 is 6.03 Å². The van der Waals surface area contributed by atoms with E-state index in [9.17, 15) is 4.79 Å². The molecular weight excluding hydrogens is 376 g/mol. The van der Waals surface area contributed by atoms with Crippen LogP contribution in [0.25, 0.3) is 22.6 Å². The highest BCUT2D eigenvalue weighted by Crippen LogP contribution is 2.30. The molecule has 5 rings (SSSR count). The number of nitrogens with one attached hydrogen (secondary N) is 3. The number of urea groups is 1. The van der Waals surface area contributed by atoms with Gasteiger partial charge in [0.15, 0.2) is 5.82 Å². The number of imidazole rings is 1. The zero-order chi connectivity index (χ0) is 18.9. The van der Waals surface area contributed by atoms with Crippen molar-refractivity contribution in [2.75, 3.05) is 31.6 Å². The van der Waals surface area contributed by atoms with Crippen molar-refractivity contribution >= 4 is 33.4 Å². The summed E-state index contributed by atoms with van der Waals surface area (Å²) in [5.41, 5.74) is 5.50. The number of fused-ring (bicyclic) bond motifs is 1. The summed E-state index contributed by atoms with van der Waals surface area (Å²) in [6.07, 6.45) is 2.11. The van der Waals surface area contributed by atoms with Crippen LogP contribution >= 0.6 is 11.3 Å². The van der Waals surface area contributed by atoms with E-state index in [2.05, 4.69) is 42.6 Å². The van der Waals surface area contributed by atoms with Crippen LogP contribution in [-0.2, 0) is 11.3 Å². The third-order valence-corrected chi connectivity index (χ3v) is 5.73. The smallest absolute Gasteiger partial charge is 0.320 e. The fourth-order valence-electron chi connectivity index (χ4n) is 3.34. The number of amides is 2. The largest absolute Gasteiger partial charge is 0.379 e. The Hall–Kier alpha value is -2.49. The molecule has 8 nitrogen and oxygen atoms in total. The number of thiazole rings is 1. The lowest BCUT2D eigenvalue weighted by Crippen LogP contribution is -2.35. The molecule has 1 aliphatic carbocycles. The van der Waals surface area contributed by atoms with Crippen LogP contribution in [0.2, 0.25) is 0 Å². The van der Waals surface area contributed by atoms with Crippen LogP contribution in [0.4, 0.5) is 9.80 Å². The van der Waals surface area contributed by atoms with E-state index < -0.39 is 0 Å². The molecule has 1 saturated carbocycles. The lowest BCUT2D eigenvalue weighted by atomic mass is 10.2. The number of hydrogen-bond donors (Lipinski definition) is 3. The van der Waals surface area contributed by atoms with Crippen LogP contribution in [-0.4, -0.2) is 58.2 Å². The Balaban J connectivity index is 1.35. The molecule has 0 atom stereocenters. The Morgan fingerprint density at radius 1 is 1.32 bits per heavy atom. The molecule has 3 aromatic rings. The van der Waals surface area contributed by atoms with Crippen molar-refractivity contribution in [3.8, 4) is 11.5 Å². The molecule has 1 aliphatic heterocycles. The Labute approximate surface area is 166 Å². The molecule has 2 fully saturated rings. The second-order valence-electron chi connectivity index (χ2n) is 7.23. The van der Waals surface area contributed by atoms with E-state index in [-0.39, 0.29) is 6.03 Å². The van der Waals surface area contributed by atoms with Crippen molar-refractivity contribution in [1.82, 2.24) is 25.2 Å². The third kappa shape index (κ3) is 3.87. The minimum atomic E-state index is -0.183. The summed E-state index contributed by atoms with van der Waals surface area (Å²) in [4.78, 5) is 26.9. The molecule has 3 N–H and O–H groups in total. The van der Waals surface area contributed by atoms with Gasteiger partial charge < -0.3 is 15.0 Å². The molecule has 0 spiro atoms. The number of aromatic nitrogens is 3. The number of aromatic amines is 1. The van der Waals surface area contributed by atoms with Crippen molar-refractivity contribution in [2.24, 2.45) is 0 Å². The summed E-state index contributed by atoms with van der Waals surface area (Å²) in [6, 6.07) is 6.42. The van der Waals surface area contributed by atoms with E-state index in [1.165, 1.54) is 16.9 Å². The van der Waals surface area contributed by atoms with Gasteiger partial charge in [-0.05, 0) is 30.5 Å². The van der Waals surface area contributed by atoms with Crippen molar-refractivity contribution < 1.29 is 9.53 Å². The molecule has 146 valence electrons. The predicted molar refractivity (Wildman–Crippen MR) is 108 cm³/mol. The number of nitrogens with zero attached hydrogens (tertiary/aromatic N) is 3. The minimum Gasteiger partial charge on any atom is -0.379 e. The fraction of sp³-hybridized carbons (Fsp3) is 0.421. The molecule has 3 heterocycles. The monoisotopic (exact) mass is 398 g/mol. The standard InChI is InChI=1S/C19H22N6O2S/c26-19(21-13-2-3-13)24-18-16(20-11-28-18)17-22-14-4-1-12(9-15(14)23-17)10-25-5-7-27-8-6-25/h1,4,9,11,13H,2-3,5-8,10H2,(H,22,23)(H2,21,24,26). The topological polar surface area (TPSA) is 95.2 Å². The number of benzene rings is 1. The quantitative estimate of drug-likeness (QED) is 0.614. The van der Waals surface area contributed by atoms with Gasteiger partial charge in [-0.15, -0.1) is 11.3 Å². The number of ether oxygens (including phenoxy) is 1. The normalized spacial score (nSPS) is 17.7. The van der Waals surface area contributed by atoms with E-state index >= 15 is 0 Å². The maximum absolute atomic E-state index is 12.1. The zero-order valence-corrected chi connectivity index (χ0v) is 16.2. The lowest BCUT2D eigenvalue weighted by molar-refractivity contribution is 0.0342. The highest BCUT2D eigenvalue weighted by atomic mass is 32.1. The van der Waals surface area contributed by atoms with E-state index in [0.717, 1.165) is 56.7 Å². The molecule has 9 heteroatoms. The van der Waals surface area contributed by atoms with Crippen molar-refractivity contribution in [3.05, 3.63) is 29.3 Å². The molecule has 0 unspecified atom stereocenters. The van der Waals surface area contributed by atoms with Gasteiger partial charge in [0, 0.05) is 25.7 Å². The van der Waals surface area contributed by atoms with Crippen molar-refractivity contribution in [1.29, 1.82) is 0 Å². The van der Waals surface area contributed by atoms with E-state index in [0.29, 0.717) is 22.6 Å². The second kappa shape index (κ2) is 7.50. The van der Waals surface area contributed by atoms with Crippen LogP contribution < -0.4 is 10.6 Å². The van der Waals surface area contributed by atoms with Gasteiger partial charge in [0.2, 0.25) is 0 Å². The number of carbonyl (C=O) groups is 1. The molecule has 28 heavy (non-hydrogen) atoms. The Kier molecular flexibility index (Phi) is 4.71. The summed E-state index contributed by atoms with van der Waals surface area (Å²) in [5, 5.41) is 6.53. The maximum Gasteiger partial charge on any atom is 0.320 e. The first kappa shape index (κ1) is 17.6. The molecule has 1 saturated heterocycles. The van der Waals surface area contributed by atoms with E-state index in [1.54, 1.807) is 5.51 Å². The third-order valence-electron chi connectivity index (χ3n) is 4.99. The number of H-pyrrole nitrogens is 1. The highest BCUT2D eigenvalue weighted by molar-refractivity contribution is 7.14. The number of hydrogen-bond acceptors (Lipinski definition) is 6. The first-order chi connectivity index (χ1) is 13.7. The van der Waals surface area contributed by atoms with Gasteiger partial charge in [-0.2, -0.15) is 0 Å². The molecule has 2 amide bonds. The number of carbonyl (C=O) groups excluding carboxylic acids is 1. The zero-order valence-electron chi connectivity index (χ0n) is 15.4. The first-order valence-electron chi connectivity index (χ1n) is 9.55. The average Bonchev–Trinajstić information content (AvgIpc) is 3.22. The number of morpholine rings is 1. The van der Waals surface area contributed by atoms with E-state index in [4.69, 9.17) is 4.74 Å². The summed E-state index contributed by atoms with van der Waals surface area (Å²) >= 11 is 1.39. The Bertz CT molecular complexity index is 989. The van der Waals surface area contributed by atoms with Gasteiger partial charge in [-0.25, -0.2) is 14.8 Å². The van der Waals surface area contributed by atoms with Gasteiger partial charge in [0.25, 0.3) is 0 Å². The first-order valence-corrected chi connectivity index (χ1v) is 10.4. The van der Waals surface area contributed by atoms with Gasteiger partial charge in [0.05, 0.1) is 29.8 Å². The Morgan fingerprint density at radius 3 is 3.00 bits per heavy atom. The molecule has 1 aromatic carbocycles. The van der Waals surface area contributed by atoms with Crippen LogP contribution in [0.5, 0.6) is 0 Å². The molecular formula is C19H22N6O2S. The molecule has 2 aromatic heterocycles. The lowest BCUT2D eigenvalue weighted by Gasteiger charge is -2.26. The van der Waals surface area contributed by atoms with E-state index in [1.807, 2.05) is 6.07 Å². The minimum absolute atomic E-state index is 0.183. The number of rotatable bonds is 5. The van der Waals surface area contributed by atoms with Crippen molar-refractivity contribution in [3.63, 3.8) is 0 Å². The maximum atomic E-state index is 12.1.